The average Bonchev–Trinajstić information content (AvgIpc) is 2.03. The van der Waals surface area contributed by atoms with Gasteiger partial charge in [-0.05, 0) is 12.1 Å². The van der Waals surface area contributed by atoms with E-state index < -0.39 is 0 Å². The number of fused-ring (bicyclic) bond motifs is 1. The van der Waals surface area contributed by atoms with Crippen LogP contribution in [0.1, 0.15) is 0 Å². The van der Waals surface area contributed by atoms with Gasteiger partial charge in [-0.25, -0.2) is 0 Å². The maximum absolute atomic E-state index is 9.13. The molecule has 60 valence electrons. The zero-order valence-electron chi connectivity index (χ0n) is 7.28. The number of hydrogen-bond acceptors (Lipinski definition) is 2. The molecular weight excluding hydrogens is 175 g/mol. The number of hydrogen-bond donors (Lipinski definition) is 2. The molecule has 0 amide bonds. The molecule has 0 radical (unpaired) electrons. The van der Waals surface area contributed by atoms with Crippen LogP contribution in [-0.2, 0) is 0 Å². The summed E-state index contributed by atoms with van der Waals surface area (Å²) in [6, 6.07) is 10.9. The molecule has 0 aliphatic heterocycles. The van der Waals surface area contributed by atoms with Gasteiger partial charge in [-0.3, -0.25) is 0 Å². The van der Waals surface area contributed by atoms with Crippen LogP contribution in [0.2, 0.25) is 0 Å². The van der Waals surface area contributed by atoms with Gasteiger partial charge >= 0.3 is 29.6 Å². The van der Waals surface area contributed by atoms with Crippen LogP contribution in [0.15, 0.2) is 30.3 Å². The van der Waals surface area contributed by atoms with Crippen molar-refractivity contribution in [2.45, 2.75) is 0 Å². The Bertz CT molecular complexity index is 389. The topological polar surface area (TPSA) is 40.5 Å². The summed E-state index contributed by atoms with van der Waals surface area (Å²) in [7, 11) is 0. The minimum absolute atomic E-state index is 0. The Morgan fingerprint density at radius 3 is 2.54 bits per heavy atom. The summed E-state index contributed by atoms with van der Waals surface area (Å²) in [5.74, 6) is 0.293. The van der Waals surface area contributed by atoms with Gasteiger partial charge in [-0.2, -0.15) is 6.07 Å². The second-order valence-electron chi connectivity index (χ2n) is 2.63. The third kappa shape index (κ3) is 2.15. The fourth-order valence-electron chi connectivity index (χ4n) is 1.16. The molecule has 13 heavy (non-hydrogen) atoms. The van der Waals surface area contributed by atoms with Crippen LogP contribution in [0, 0.1) is 6.07 Å². The minimum atomic E-state index is 0. The predicted molar refractivity (Wildman–Crippen MR) is 46.1 cm³/mol. The van der Waals surface area contributed by atoms with E-state index in [4.69, 9.17) is 10.2 Å². The van der Waals surface area contributed by atoms with E-state index in [-0.39, 0.29) is 41.1 Å². The van der Waals surface area contributed by atoms with Gasteiger partial charge in [0.25, 0.3) is 0 Å². The zero-order valence-corrected chi connectivity index (χ0v) is 9.28. The zero-order chi connectivity index (χ0) is 8.55. The van der Waals surface area contributed by atoms with Crippen molar-refractivity contribution in [3.05, 3.63) is 36.4 Å². The summed E-state index contributed by atoms with van der Waals surface area (Å²) in [5.41, 5.74) is 0. The Kier molecular flexibility index (Phi) is 3.20. The number of aromatic hydroxyl groups is 2. The molecule has 2 nitrogen and oxygen atoms in total. The first-order valence-corrected chi connectivity index (χ1v) is 3.59. The van der Waals surface area contributed by atoms with Crippen molar-refractivity contribution in [1.82, 2.24) is 0 Å². The molecule has 2 aromatic carbocycles. The number of benzene rings is 2. The van der Waals surface area contributed by atoms with Crippen molar-refractivity contribution in [2.24, 2.45) is 0 Å². The Balaban J connectivity index is 0.000000845. The molecule has 3 heteroatoms. The first-order valence-electron chi connectivity index (χ1n) is 3.59. The Morgan fingerprint density at radius 1 is 1.00 bits per heavy atom. The van der Waals surface area contributed by atoms with Crippen molar-refractivity contribution >= 4 is 10.8 Å². The van der Waals surface area contributed by atoms with Gasteiger partial charge in [0.2, 0.25) is 0 Å². The molecule has 0 aromatic heterocycles. The van der Waals surface area contributed by atoms with E-state index in [1.807, 2.05) is 0 Å². The molecule has 0 saturated carbocycles. The maximum Gasteiger partial charge on any atom is 1.00 e. The molecule has 0 saturated heterocycles. The van der Waals surface area contributed by atoms with E-state index in [2.05, 4.69) is 6.07 Å². The molecule has 0 aliphatic rings. The molecule has 0 bridgehead atoms. The van der Waals surface area contributed by atoms with Crippen LogP contribution < -0.4 is 29.6 Å². The minimum Gasteiger partial charge on any atom is -0.534 e. The van der Waals surface area contributed by atoms with Crippen LogP contribution >= 0.6 is 0 Å². The van der Waals surface area contributed by atoms with Gasteiger partial charge < -0.3 is 10.2 Å². The van der Waals surface area contributed by atoms with Crippen LogP contribution in [0.25, 0.3) is 10.8 Å². The van der Waals surface area contributed by atoms with E-state index in [0.29, 0.717) is 0 Å². The largest absolute Gasteiger partial charge is 1.00 e. The molecule has 0 spiro atoms. The van der Waals surface area contributed by atoms with Crippen LogP contribution in [0.4, 0.5) is 0 Å². The fraction of sp³-hybridized carbons (Fsp3) is 0. The Morgan fingerprint density at radius 2 is 1.77 bits per heavy atom. The summed E-state index contributed by atoms with van der Waals surface area (Å²) in [6.45, 7) is 0. The van der Waals surface area contributed by atoms with Crippen molar-refractivity contribution < 1.29 is 39.8 Å². The standard InChI is InChI=1S/C10H7O2.Na/c11-9-3-1-7-2-4-10(12)6-8(7)5-9;/h1-3,5-6,11-12H;/q-1;+1. The van der Waals surface area contributed by atoms with Gasteiger partial charge in [-0.15, -0.1) is 29.0 Å². The second-order valence-corrected chi connectivity index (χ2v) is 2.63. The van der Waals surface area contributed by atoms with Gasteiger partial charge in [0.1, 0.15) is 5.75 Å². The maximum atomic E-state index is 9.13. The van der Waals surface area contributed by atoms with Gasteiger partial charge in [0, 0.05) is 5.75 Å². The predicted octanol–water partition coefficient (Wildman–Crippen LogP) is -0.945. The smallest absolute Gasteiger partial charge is 0.534 e. The van der Waals surface area contributed by atoms with Crippen molar-refractivity contribution in [1.29, 1.82) is 0 Å². The van der Waals surface area contributed by atoms with E-state index in [1.165, 1.54) is 0 Å². The number of phenols is 2. The Labute approximate surface area is 98.1 Å². The summed E-state index contributed by atoms with van der Waals surface area (Å²) < 4.78 is 0. The fourth-order valence-corrected chi connectivity index (χ4v) is 1.16. The van der Waals surface area contributed by atoms with Crippen LogP contribution in [0.5, 0.6) is 11.5 Å². The van der Waals surface area contributed by atoms with Crippen molar-refractivity contribution in [3.8, 4) is 11.5 Å². The van der Waals surface area contributed by atoms with E-state index in [0.717, 1.165) is 10.8 Å². The quantitative estimate of drug-likeness (QED) is 0.407. The first-order chi connectivity index (χ1) is 5.75. The van der Waals surface area contributed by atoms with E-state index in [9.17, 15) is 0 Å². The van der Waals surface area contributed by atoms with E-state index in [1.54, 1.807) is 30.3 Å². The van der Waals surface area contributed by atoms with Gasteiger partial charge in [0.15, 0.2) is 0 Å². The molecule has 0 atom stereocenters. The molecule has 0 unspecified atom stereocenters. The second kappa shape index (κ2) is 4.01. The monoisotopic (exact) mass is 182 g/mol. The average molecular weight is 182 g/mol. The molecule has 2 N–H and O–H groups in total. The molecule has 0 fully saturated rings. The first kappa shape index (κ1) is 10.4. The molecule has 0 aliphatic carbocycles. The van der Waals surface area contributed by atoms with Gasteiger partial charge in [-0.1, -0.05) is 0 Å². The molecular formula is C10H7NaO2. The third-order valence-corrected chi connectivity index (χ3v) is 1.74. The third-order valence-electron chi connectivity index (χ3n) is 1.74. The Hall–Kier alpha value is -0.700. The normalized spacial score (nSPS) is 9.54. The van der Waals surface area contributed by atoms with Crippen LogP contribution in [-0.4, -0.2) is 10.2 Å². The van der Waals surface area contributed by atoms with Gasteiger partial charge in [0.05, 0.1) is 0 Å². The van der Waals surface area contributed by atoms with Crippen LogP contribution in [0.3, 0.4) is 0 Å². The SMILES string of the molecule is Oc1[c-]cc2ccc(O)cc2c1.[Na+]. The van der Waals surface area contributed by atoms with E-state index >= 15 is 0 Å². The number of phenolic OH excluding ortho intramolecular Hbond substituents is 2. The summed E-state index contributed by atoms with van der Waals surface area (Å²) >= 11 is 0. The molecule has 2 rings (SSSR count). The molecule has 2 aromatic rings. The summed E-state index contributed by atoms with van der Waals surface area (Å²) in [4.78, 5) is 0. The summed E-state index contributed by atoms with van der Waals surface area (Å²) in [6.07, 6.45) is 0. The molecule has 0 heterocycles. The number of rotatable bonds is 0. The van der Waals surface area contributed by atoms with Crippen molar-refractivity contribution in [3.63, 3.8) is 0 Å². The van der Waals surface area contributed by atoms with Crippen molar-refractivity contribution in [2.75, 3.05) is 0 Å². The summed E-state index contributed by atoms with van der Waals surface area (Å²) in [5, 5.41) is 20.0.